The molecule has 7 nitrogen and oxygen atoms in total. The number of aromatic nitrogens is 3. The van der Waals surface area contributed by atoms with Crippen molar-refractivity contribution in [3.8, 4) is 0 Å². The Balaban J connectivity index is 1.62. The molecule has 0 aliphatic carbocycles. The van der Waals surface area contributed by atoms with Gasteiger partial charge in [-0.15, -0.1) is 0 Å². The molecule has 3 N–H and O–H groups in total. The molecule has 7 heteroatoms. The van der Waals surface area contributed by atoms with E-state index in [1.54, 1.807) is 17.0 Å². The highest BCUT2D eigenvalue weighted by Crippen LogP contribution is 2.14. The summed E-state index contributed by atoms with van der Waals surface area (Å²) in [4.78, 5) is 44.5. The fraction of sp³-hybridized carbons (Fsp3) is 0.357. The van der Waals surface area contributed by atoms with Gasteiger partial charge >= 0.3 is 5.69 Å². The molecule has 1 amide bonds. The summed E-state index contributed by atoms with van der Waals surface area (Å²) in [6.07, 6.45) is 1.49. The van der Waals surface area contributed by atoms with Crippen LogP contribution in [0.1, 0.15) is 23.5 Å². The summed E-state index contributed by atoms with van der Waals surface area (Å²) < 4.78 is 0. The first-order chi connectivity index (χ1) is 10.1. The van der Waals surface area contributed by atoms with Gasteiger partial charge in [0.1, 0.15) is 0 Å². The predicted octanol–water partition coefficient (Wildman–Crippen LogP) is -0.0912. The summed E-state index contributed by atoms with van der Waals surface area (Å²) in [6.45, 7) is 1.03. The van der Waals surface area contributed by atoms with Crippen molar-refractivity contribution >= 4 is 5.91 Å². The van der Waals surface area contributed by atoms with Crippen LogP contribution >= 0.6 is 0 Å². The summed E-state index contributed by atoms with van der Waals surface area (Å²) in [6, 6.07) is 4.92. The fourth-order valence-electron chi connectivity index (χ4n) is 2.57. The number of carbonyl (C=O) groups is 1. The number of amides is 1. The molecule has 0 spiro atoms. The van der Waals surface area contributed by atoms with Crippen LogP contribution in [0.5, 0.6) is 0 Å². The Labute approximate surface area is 120 Å². The molecule has 2 aromatic rings. The second-order valence-corrected chi connectivity index (χ2v) is 5.14. The van der Waals surface area contributed by atoms with E-state index in [2.05, 4.69) is 15.0 Å². The predicted molar refractivity (Wildman–Crippen MR) is 75.9 cm³/mol. The normalized spacial score (nSPS) is 14.0. The number of aryl methyl sites for hydroxylation is 1. The molecule has 0 bridgehead atoms. The number of nitrogens with zero attached hydrogens (tertiary/aromatic N) is 1. The number of aromatic amines is 3. The number of imidazole rings is 1. The van der Waals surface area contributed by atoms with E-state index in [4.69, 9.17) is 0 Å². The summed E-state index contributed by atoms with van der Waals surface area (Å²) >= 11 is 0. The maximum atomic E-state index is 12.2. The van der Waals surface area contributed by atoms with E-state index in [9.17, 15) is 14.4 Å². The molecule has 0 saturated heterocycles. The third-order valence-corrected chi connectivity index (χ3v) is 3.66. The van der Waals surface area contributed by atoms with E-state index in [1.165, 1.54) is 6.07 Å². The van der Waals surface area contributed by atoms with Crippen molar-refractivity contribution in [1.29, 1.82) is 0 Å². The van der Waals surface area contributed by atoms with Crippen LogP contribution in [0.15, 0.2) is 27.8 Å². The fourth-order valence-corrected chi connectivity index (χ4v) is 2.57. The van der Waals surface area contributed by atoms with Gasteiger partial charge in [0.15, 0.2) is 0 Å². The Kier molecular flexibility index (Phi) is 3.47. The van der Waals surface area contributed by atoms with Crippen LogP contribution < -0.4 is 11.2 Å². The first-order valence-corrected chi connectivity index (χ1v) is 6.88. The SMILES string of the molecule is O=C(CCc1cccc(=O)[nH]1)N1CCc2[nH]c(=O)[nH]c2C1. The van der Waals surface area contributed by atoms with Crippen LogP contribution in [0.3, 0.4) is 0 Å². The van der Waals surface area contributed by atoms with Gasteiger partial charge in [0.25, 0.3) is 0 Å². The lowest BCUT2D eigenvalue weighted by Crippen LogP contribution is -2.36. The highest BCUT2D eigenvalue weighted by molar-refractivity contribution is 5.76. The van der Waals surface area contributed by atoms with E-state index < -0.39 is 0 Å². The minimum absolute atomic E-state index is 0.0207. The standard InChI is InChI=1S/C14H16N4O3/c19-12-3-1-2-9(15-12)4-5-13(20)18-7-6-10-11(8-18)17-14(21)16-10/h1-3H,4-8H2,(H,15,19)(H2,16,17,21). The quantitative estimate of drug-likeness (QED) is 0.735. The number of pyridine rings is 1. The first kappa shape index (κ1) is 13.4. The van der Waals surface area contributed by atoms with E-state index in [0.29, 0.717) is 32.4 Å². The van der Waals surface area contributed by atoms with Gasteiger partial charge in [-0.1, -0.05) is 6.07 Å². The molecule has 0 unspecified atom stereocenters. The zero-order chi connectivity index (χ0) is 14.8. The topological polar surface area (TPSA) is 102 Å². The second kappa shape index (κ2) is 5.43. The van der Waals surface area contributed by atoms with E-state index in [0.717, 1.165) is 17.1 Å². The molecule has 1 aliphatic heterocycles. The Morgan fingerprint density at radius 1 is 1.14 bits per heavy atom. The van der Waals surface area contributed by atoms with Crippen molar-refractivity contribution < 1.29 is 4.79 Å². The monoisotopic (exact) mass is 288 g/mol. The number of nitrogens with one attached hydrogen (secondary N) is 3. The molecule has 0 atom stereocenters. The van der Waals surface area contributed by atoms with Crippen molar-refractivity contribution in [3.05, 3.63) is 56.1 Å². The van der Waals surface area contributed by atoms with E-state index in [-0.39, 0.29) is 17.2 Å². The molecule has 0 saturated carbocycles. The molecule has 2 aromatic heterocycles. The van der Waals surface area contributed by atoms with Crippen LogP contribution in [-0.2, 0) is 24.2 Å². The van der Waals surface area contributed by atoms with E-state index >= 15 is 0 Å². The van der Waals surface area contributed by atoms with Crippen molar-refractivity contribution in [2.45, 2.75) is 25.8 Å². The number of carbonyl (C=O) groups excluding carboxylic acids is 1. The van der Waals surface area contributed by atoms with Crippen molar-refractivity contribution in [1.82, 2.24) is 19.9 Å². The number of hydrogen-bond acceptors (Lipinski definition) is 3. The molecular weight excluding hydrogens is 272 g/mol. The first-order valence-electron chi connectivity index (χ1n) is 6.88. The summed E-state index contributed by atoms with van der Waals surface area (Å²) in [5, 5.41) is 0. The van der Waals surface area contributed by atoms with E-state index in [1.807, 2.05) is 0 Å². The lowest BCUT2D eigenvalue weighted by atomic mass is 10.1. The minimum atomic E-state index is -0.226. The average molecular weight is 288 g/mol. The zero-order valence-corrected chi connectivity index (χ0v) is 11.4. The maximum absolute atomic E-state index is 12.2. The molecule has 110 valence electrons. The number of H-pyrrole nitrogens is 3. The Bertz CT molecular complexity index is 771. The minimum Gasteiger partial charge on any atom is -0.336 e. The zero-order valence-electron chi connectivity index (χ0n) is 11.4. The van der Waals surface area contributed by atoms with Gasteiger partial charge in [0.05, 0.1) is 12.2 Å². The maximum Gasteiger partial charge on any atom is 0.323 e. The average Bonchev–Trinajstić information content (AvgIpc) is 2.84. The summed E-state index contributed by atoms with van der Waals surface area (Å²) in [5.74, 6) is 0.0207. The number of fused-ring (bicyclic) bond motifs is 1. The van der Waals surface area contributed by atoms with Crippen LogP contribution in [0, 0.1) is 0 Å². The lowest BCUT2D eigenvalue weighted by molar-refractivity contribution is -0.132. The van der Waals surface area contributed by atoms with Crippen molar-refractivity contribution in [3.63, 3.8) is 0 Å². The Morgan fingerprint density at radius 2 is 1.95 bits per heavy atom. The molecule has 0 radical (unpaired) electrons. The van der Waals surface area contributed by atoms with Gasteiger partial charge in [0, 0.05) is 36.8 Å². The largest absolute Gasteiger partial charge is 0.336 e. The molecule has 21 heavy (non-hydrogen) atoms. The van der Waals surface area contributed by atoms with Crippen LogP contribution in [0.4, 0.5) is 0 Å². The lowest BCUT2D eigenvalue weighted by Gasteiger charge is -2.26. The Hall–Kier alpha value is -2.57. The number of hydrogen-bond donors (Lipinski definition) is 3. The molecule has 0 fully saturated rings. The number of rotatable bonds is 3. The summed E-state index contributed by atoms with van der Waals surface area (Å²) in [7, 11) is 0. The third kappa shape index (κ3) is 2.96. The highest BCUT2D eigenvalue weighted by Gasteiger charge is 2.22. The summed E-state index contributed by atoms with van der Waals surface area (Å²) in [5.41, 5.74) is 2.04. The van der Waals surface area contributed by atoms with Gasteiger partial charge in [-0.25, -0.2) is 4.79 Å². The Morgan fingerprint density at radius 3 is 2.76 bits per heavy atom. The molecule has 1 aliphatic rings. The van der Waals surface area contributed by atoms with Gasteiger partial charge in [-0.05, 0) is 12.5 Å². The van der Waals surface area contributed by atoms with Crippen molar-refractivity contribution in [2.24, 2.45) is 0 Å². The molecule has 0 aromatic carbocycles. The van der Waals surface area contributed by atoms with Gasteiger partial charge in [0.2, 0.25) is 11.5 Å². The van der Waals surface area contributed by atoms with Crippen LogP contribution in [0.2, 0.25) is 0 Å². The molecule has 3 heterocycles. The second-order valence-electron chi connectivity index (χ2n) is 5.14. The van der Waals surface area contributed by atoms with Crippen molar-refractivity contribution in [2.75, 3.05) is 6.54 Å². The smallest absolute Gasteiger partial charge is 0.323 e. The highest BCUT2D eigenvalue weighted by atomic mass is 16.2. The van der Waals surface area contributed by atoms with Gasteiger partial charge in [-0.3, -0.25) is 9.59 Å². The third-order valence-electron chi connectivity index (χ3n) is 3.66. The van der Waals surface area contributed by atoms with Crippen LogP contribution in [0.25, 0.3) is 0 Å². The molecular formula is C14H16N4O3. The van der Waals surface area contributed by atoms with Gasteiger partial charge in [-0.2, -0.15) is 0 Å². The molecule has 3 rings (SSSR count). The van der Waals surface area contributed by atoms with Crippen LogP contribution in [-0.4, -0.2) is 32.3 Å². The van der Waals surface area contributed by atoms with Gasteiger partial charge < -0.3 is 19.9 Å².